The van der Waals surface area contributed by atoms with E-state index in [9.17, 15) is 0 Å². The molecule has 2 aromatic rings. The molecule has 2 rings (SSSR count). The third-order valence-corrected chi connectivity index (χ3v) is 2.84. The largest absolute Gasteiger partial charge is 0.491 e. The average molecular weight is 293 g/mol. The second kappa shape index (κ2) is 5.19. The third kappa shape index (κ3) is 2.77. The molecule has 0 aliphatic carbocycles. The Labute approximate surface area is 109 Å². The topological polar surface area (TPSA) is 37.9 Å². The molecule has 0 atom stereocenters. The van der Waals surface area contributed by atoms with E-state index >= 15 is 0 Å². The van der Waals surface area contributed by atoms with E-state index in [4.69, 9.17) is 4.74 Å². The maximum absolute atomic E-state index is 5.30. The van der Waals surface area contributed by atoms with Crippen LogP contribution < -0.4 is 0 Å². The zero-order chi connectivity index (χ0) is 12.3. The van der Waals surface area contributed by atoms with Crippen LogP contribution in [-0.4, -0.2) is 16.6 Å². The van der Waals surface area contributed by atoms with Crippen LogP contribution in [0.15, 0.2) is 41.5 Å². The fourth-order valence-electron chi connectivity index (χ4n) is 1.48. The van der Waals surface area contributed by atoms with Gasteiger partial charge in [0.15, 0.2) is 11.6 Å². The molecule has 1 N–H and O–H groups in total. The van der Waals surface area contributed by atoms with Gasteiger partial charge >= 0.3 is 0 Å². The van der Waals surface area contributed by atoms with Crippen molar-refractivity contribution in [3.8, 4) is 11.3 Å². The van der Waals surface area contributed by atoms with Crippen LogP contribution in [0.5, 0.6) is 0 Å². The first-order valence-corrected chi connectivity index (χ1v) is 6.13. The van der Waals surface area contributed by atoms with Gasteiger partial charge in [-0.1, -0.05) is 34.6 Å². The van der Waals surface area contributed by atoms with Gasteiger partial charge in [-0.3, -0.25) is 0 Å². The summed E-state index contributed by atoms with van der Waals surface area (Å²) < 4.78 is 6.36. The van der Waals surface area contributed by atoms with Crippen LogP contribution in [0.1, 0.15) is 12.7 Å². The standard InChI is InChI=1S/C13H13BrN2O/c1-3-17-9(2)13-15-8-12(16-13)10-4-6-11(14)7-5-10/h4-8H,2-3H2,1H3,(H,15,16). The monoisotopic (exact) mass is 292 g/mol. The van der Waals surface area contributed by atoms with E-state index in [1.165, 1.54) is 0 Å². The van der Waals surface area contributed by atoms with Crippen molar-refractivity contribution < 1.29 is 4.74 Å². The van der Waals surface area contributed by atoms with Crippen LogP contribution >= 0.6 is 15.9 Å². The SMILES string of the molecule is C=C(OCC)c1ncc(-c2ccc(Br)cc2)[nH]1. The number of benzene rings is 1. The second-order valence-electron chi connectivity index (χ2n) is 3.51. The molecule has 0 aliphatic rings. The van der Waals surface area contributed by atoms with Crippen LogP contribution in [0, 0.1) is 0 Å². The molecule has 0 aliphatic heterocycles. The van der Waals surface area contributed by atoms with Gasteiger partial charge in [0.2, 0.25) is 0 Å². The molecule has 3 nitrogen and oxygen atoms in total. The normalized spacial score (nSPS) is 10.2. The summed E-state index contributed by atoms with van der Waals surface area (Å²) in [4.78, 5) is 7.42. The fraction of sp³-hybridized carbons (Fsp3) is 0.154. The molecule has 4 heteroatoms. The van der Waals surface area contributed by atoms with Gasteiger partial charge in [0.05, 0.1) is 18.5 Å². The zero-order valence-corrected chi connectivity index (χ0v) is 11.1. The van der Waals surface area contributed by atoms with Crippen molar-refractivity contribution in [2.45, 2.75) is 6.92 Å². The number of ether oxygens (including phenoxy) is 1. The Hall–Kier alpha value is -1.55. The lowest BCUT2D eigenvalue weighted by molar-refractivity contribution is 0.296. The van der Waals surface area contributed by atoms with Crippen molar-refractivity contribution in [3.63, 3.8) is 0 Å². The number of imidazole rings is 1. The summed E-state index contributed by atoms with van der Waals surface area (Å²) in [6, 6.07) is 8.02. The molecule has 0 bridgehead atoms. The Balaban J connectivity index is 2.23. The van der Waals surface area contributed by atoms with Crippen LogP contribution in [0.2, 0.25) is 0 Å². The Kier molecular flexibility index (Phi) is 3.64. The highest BCUT2D eigenvalue weighted by atomic mass is 79.9. The number of rotatable bonds is 4. The van der Waals surface area contributed by atoms with Gasteiger partial charge in [0, 0.05) is 4.47 Å². The van der Waals surface area contributed by atoms with Crippen molar-refractivity contribution in [2.75, 3.05) is 6.61 Å². The summed E-state index contributed by atoms with van der Waals surface area (Å²) in [5.41, 5.74) is 2.03. The van der Waals surface area contributed by atoms with Crippen molar-refractivity contribution in [1.29, 1.82) is 0 Å². The van der Waals surface area contributed by atoms with Gasteiger partial charge in [-0.25, -0.2) is 4.98 Å². The summed E-state index contributed by atoms with van der Waals surface area (Å²) in [6.07, 6.45) is 1.78. The minimum absolute atomic E-state index is 0.566. The smallest absolute Gasteiger partial charge is 0.172 e. The molecule has 0 amide bonds. The van der Waals surface area contributed by atoms with E-state index in [0.29, 0.717) is 18.2 Å². The Morgan fingerprint density at radius 2 is 2.12 bits per heavy atom. The number of aromatic amines is 1. The first-order valence-electron chi connectivity index (χ1n) is 5.33. The van der Waals surface area contributed by atoms with Gasteiger partial charge in [-0.15, -0.1) is 0 Å². The summed E-state index contributed by atoms with van der Waals surface area (Å²) in [5, 5.41) is 0. The zero-order valence-electron chi connectivity index (χ0n) is 9.53. The number of hydrogen-bond donors (Lipinski definition) is 1. The molecule has 88 valence electrons. The number of nitrogens with one attached hydrogen (secondary N) is 1. The molecular weight excluding hydrogens is 280 g/mol. The third-order valence-electron chi connectivity index (χ3n) is 2.31. The molecule has 0 fully saturated rings. The number of H-pyrrole nitrogens is 1. The lowest BCUT2D eigenvalue weighted by Crippen LogP contribution is -1.91. The molecule has 1 aromatic carbocycles. The second-order valence-corrected chi connectivity index (χ2v) is 4.42. The van der Waals surface area contributed by atoms with Crippen molar-refractivity contribution >= 4 is 21.7 Å². The number of aromatic nitrogens is 2. The molecular formula is C13H13BrN2O. The van der Waals surface area contributed by atoms with E-state index in [0.717, 1.165) is 15.7 Å². The van der Waals surface area contributed by atoms with Crippen molar-refractivity contribution in [3.05, 3.63) is 47.3 Å². The summed E-state index contributed by atoms with van der Waals surface area (Å²) >= 11 is 3.41. The van der Waals surface area contributed by atoms with Crippen LogP contribution in [-0.2, 0) is 4.74 Å². The number of nitrogens with zero attached hydrogens (tertiary/aromatic N) is 1. The van der Waals surface area contributed by atoms with E-state index in [-0.39, 0.29) is 0 Å². The predicted octanol–water partition coefficient (Wildman–Crippen LogP) is 3.85. The quantitative estimate of drug-likeness (QED) is 0.870. The van der Waals surface area contributed by atoms with E-state index < -0.39 is 0 Å². The molecule has 0 radical (unpaired) electrons. The maximum Gasteiger partial charge on any atom is 0.172 e. The Bertz CT molecular complexity index is 516. The number of hydrogen-bond acceptors (Lipinski definition) is 2. The van der Waals surface area contributed by atoms with Gasteiger partial charge in [-0.05, 0) is 24.6 Å². The molecule has 0 saturated heterocycles. The summed E-state index contributed by atoms with van der Waals surface area (Å²) in [6.45, 7) is 6.32. The molecule has 0 unspecified atom stereocenters. The van der Waals surface area contributed by atoms with Crippen molar-refractivity contribution in [2.24, 2.45) is 0 Å². The fourth-order valence-corrected chi connectivity index (χ4v) is 1.75. The minimum atomic E-state index is 0.566. The van der Waals surface area contributed by atoms with E-state index in [2.05, 4.69) is 32.5 Å². The van der Waals surface area contributed by atoms with E-state index in [1.54, 1.807) is 6.20 Å². The van der Waals surface area contributed by atoms with Crippen molar-refractivity contribution in [1.82, 2.24) is 9.97 Å². The van der Waals surface area contributed by atoms with Crippen LogP contribution in [0.25, 0.3) is 17.0 Å². The highest BCUT2D eigenvalue weighted by Crippen LogP contribution is 2.21. The Morgan fingerprint density at radius 3 is 2.76 bits per heavy atom. The average Bonchev–Trinajstić information content (AvgIpc) is 2.80. The molecule has 0 saturated carbocycles. The molecule has 1 heterocycles. The maximum atomic E-state index is 5.30. The molecule has 0 spiro atoms. The summed E-state index contributed by atoms with van der Waals surface area (Å²) in [5.74, 6) is 1.24. The van der Waals surface area contributed by atoms with E-state index in [1.807, 2.05) is 31.2 Å². The van der Waals surface area contributed by atoms with Crippen LogP contribution in [0.4, 0.5) is 0 Å². The Morgan fingerprint density at radius 1 is 1.41 bits per heavy atom. The molecule has 17 heavy (non-hydrogen) atoms. The lowest BCUT2D eigenvalue weighted by atomic mass is 10.2. The molecule has 1 aromatic heterocycles. The number of halogens is 1. The highest BCUT2D eigenvalue weighted by molar-refractivity contribution is 9.10. The minimum Gasteiger partial charge on any atom is -0.491 e. The van der Waals surface area contributed by atoms with Gasteiger partial charge in [-0.2, -0.15) is 0 Å². The lowest BCUT2D eigenvalue weighted by Gasteiger charge is -2.02. The predicted molar refractivity (Wildman–Crippen MR) is 72.4 cm³/mol. The van der Waals surface area contributed by atoms with Gasteiger partial charge < -0.3 is 9.72 Å². The van der Waals surface area contributed by atoms with Crippen LogP contribution in [0.3, 0.4) is 0 Å². The van der Waals surface area contributed by atoms with Gasteiger partial charge in [0.25, 0.3) is 0 Å². The highest BCUT2D eigenvalue weighted by Gasteiger charge is 2.06. The first-order chi connectivity index (χ1) is 8.20. The first kappa shape index (κ1) is 11.9. The summed E-state index contributed by atoms with van der Waals surface area (Å²) in [7, 11) is 0. The van der Waals surface area contributed by atoms with Gasteiger partial charge in [0.1, 0.15) is 0 Å².